The fourth-order valence-electron chi connectivity index (χ4n) is 8.61. The second-order valence-electron chi connectivity index (χ2n) is 16.2. The van der Waals surface area contributed by atoms with Crippen molar-refractivity contribution in [2.75, 3.05) is 93.1 Å². The number of ether oxygens (including phenoxy) is 1. The van der Waals surface area contributed by atoms with E-state index in [2.05, 4.69) is 80.2 Å². The van der Waals surface area contributed by atoms with Gasteiger partial charge in [0.05, 0.1) is 25.3 Å². The van der Waals surface area contributed by atoms with E-state index in [1.807, 2.05) is 42.1 Å². The molecule has 0 spiro atoms. The number of hydrogen-bond acceptors (Lipinski definition) is 12. The van der Waals surface area contributed by atoms with Crippen molar-refractivity contribution in [2.24, 2.45) is 7.05 Å². The zero-order valence-corrected chi connectivity index (χ0v) is 36.7. The minimum absolute atomic E-state index is 0.110. The Morgan fingerprint density at radius 1 is 0.952 bits per heavy atom. The summed E-state index contributed by atoms with van der Waals surface area (Å²) in [6.45, 7) is 14.1. The molecule has 2 N–H and O–H groups in total. The first-order chi connectivity index (χ1) is 30.7. The zero-order chi connectivity index (χ0) is 44.0. The predicted octanol–water partition coefficient (Wildman–Crippen LogP) is 4.61. The highest BCUT2D eigenvalue weighted by Gasteiger charge is 2.25. The lowest BCUT2D eigenvalue weighted by Gasteiger charge is -2.34. The fraction of sp³-hybridized carbons (Fsp3) is 0.413. The molecule has 1 aliphatic carbocycles. The highest BCUT2D eigenvalue weighted by molar-refractivity contribution is 5.97. The number of amides is 2. The van der Waals surface area contributed by atoms with Gasteiger partial charge in [-0.25, -0.2) is 19.3 Å². The molecule has 330 valence electrons. The number of pyridine rings is 1. The van der Waals surface area contributed by atoms with E-state index in [1.54, 1.807) is 28.7 Å². The first-order valence-electron chi connectivity index (χ1n) is 21.8. The topological polar surface area (TPSA) is 164 Å². The van der Waals surface area contributed by atoms with Crippen LogP contribution >= 0.6 is 0 Å². The first-order valence-corrected chi connectivity index (χ1v) is 21.8. The number of carbonyl (C=O) groups excluding carboxylic acids is 2. The SMILES string of the molecule is C=CCn1c(=O)c2cnc(Nc3ccc(N4CCN(C)CC4)cc3)nc2n1-c1ccc2c(n1)C(CC)CC2.CNC(=O)CCN(C=O)c1nn(C)c2cc(N3CCOCC3)ccc12. The van der Waals surface area contributed by atoms with Gasteiger partial charge >= 0.3 is 0 Å². The Labute approximate surface area is 366 Å². The summed E-state index contributed by atoms with van der Waals surface area (Å²) in [4.78, 5) is 59.1. The number of nitrogens with one attached hydrogen (secondary N) is 2. The number of rotatable bonds is 13. The fourth-order valence-corrected chi connectivity index (χ4v) is 8.61. The molecule has 2 saturated heterocycles. The molecule has 63 heavy (non-hydrogen) atoms. The lowest BCUT2D eigenvalue weighted by molar-refractivity contribution is -0.120. The number of carbonyl (C=O) groups is 2. The van der Waals surface area contributed by atoms with E-state index in [0.29, 0.717) is 47.6 Å². The van der Waals surface area contributed by atoms with Gasteiger partial charge in [0, 0.05) is 107 Å². The smallest absolute Gasteiger partial charge is 0.278 e. The number of allylic oxidation sites excluding steroid dienone is 1. The molecule has 0 bridgehead atoms. The van der Waals surface area contributed by atoms with Crippen LogP contribution in [-0.2, 0) is 34.3 Å². The number of anilines is 5. The molecule has 17 nitrogen and oxygen atoms in total. The zero-order valence-electron chi connectivity index (χ0n) is 36.7. The maximum Gasteiger partial charge on any atom is 0.278 e. The molecule has 4 aromatic heterocycles. The van der Waals surface area contributed by atoms with E-state index < -0.39 is 0 Å². The molecule has 3 aliphatic rings. The highest BCUT2D eigenvalue weighted by Crippen LogP contribution is 2.35. The van der Waals surface area contributed by atoms with Gasteiger partial charge in [0.1, 0.15) is 5.39 Å². The third-order valence-corrected chi connectivity index (χ3v) is 12.3. The van der Waals surface area contributed by atoms with Gasteiger partial charge in [-0.1, -0.05) is 19.1 Å². The minimum atomic E-state index is -0.155. The second-order valence-corrected chi connectivity index (χ2v) is 16.2. The summed E-state index contributed by atoms with van der Waals surface area (Å²) >= 11 is 0. The number of morpholine rings is 1. The summed E-state index contributed by atoms with van der Waals surface area (Å²) in [7, 11) is 5.60. The number of aryl methyl sites for hydroxylation is 2. The molecule has 6 heterocycles. The van der Waals surface area contributed by atoms with Crippen molar-refractivity contribution in [2.45, 2.75) is 45.1 Å². The van der Waals surface area contributed by atoms with E-state index in [-0.39, 0.29) is 17.9 Å². The maximum atomic E-state index is 13.3. The summed E-state index contributed by atoms with van der Waals surface area (Å²) in [5.41, 5.74) is 6.98. The Morgan fingerprint density at radius 2 is 1.70 bits per heavy atom. The van der Waals surface area contributed by atoms with E-state index in [1.165, 1.54) is 16.2 Å². The Kier molecular flexibility index (Phi) is 13.1. The quantitative estimate of drug-likeness (QED) is 0.123. The van der Waals surface area contributed by atoms with Crippen LogP contribution in [0.25, 0.3) is 27.8 Å². The third-order valence-electron chi connectivity index (χ3n) is 12.3. The Bertz CT molecular complexity index is 2640. The Hall–Kier alpha value is -6.59. The first kappa shape index (κ1) is 43.1. The van der Waals surface area contributed by atoms with Gasteiger partial charge in [0.15, 0.2) is 17.3 Å². The summed E-state index contributed by atoms with van der Waals surface area (Å²) in [5.74, 6) is 2.04. The van der Waals surface area contributed by atoms with Crippen molar-refractivity contribution in [3.05, 3.63) is 95.1 Å². The van der Waals surface area contributed by atoms with E-state index in [4.69, 9.17) is 14.7 Å². The van der Waals surface area contributed by atoms with Crippen LogP contribution in [0, 0.1) is 0 Å². The van der Waals surface area contributed by atoms with Crippen molar-refractivity contribution >= 4 is 63.1 Å². The minimum Gasteiger partial charge on any atom is -0.378 e. The Morgan fingerprint density at radius 3 is 2.41 bits per heavy atom. The molecular formula is C46H57N13O4. The van der Waals surface area contributed by atoms with Crippen LogP contribution in [0.5, 0.6) is 0 Å². The van der Waals surface area contributed by atoms with Crippen LogP contribution in [0.15, 0.2) is 78.2 Å². The molecule has 2 aromatic carbocycles. The second kappa shape index (κ2) is 19.2. The molecule has 0 saturated carbocycles. The number of piperazine rings is 1. The number of fused-ring (bicyclic) bond motifs is 3. The molecule has 2 aliphatic heterocycles. The summed E-state index contributed by atoms with van der Waals surface area (Å²) in [6, 6.07) is 18.6. The van der Waals surface area contributed by atoms with E-state index >= 15 is 0 Å². The lowest BCUT2D eigenvalue weighted by atomic mass is 10.0. The Balaban J connectivity index is 0.000000189. The van der Waals surface area contributed by atoms with Crippen molar-refractivity contribution in [3.8, 4) is 5.82 Å². The number of aromatic nitrogens is 7. The van der Waals surface area contributed by atoms with Crippen LogP contribution in [0.2, 0.25) is 0 Å². The molecular weight excluding hydrogens is 799 g/mol. The summed E-state index contributed by atoms with van der Waals surface area (Å²) < 4.78 is 10.6. The predicted molar refractivity (Wildman–Crippen MR) is 248 cm³/mol. The van der Waals surface area contributed by atoms with Gasteiger partial charge in [-0.15, -0.1) is 6.58 Å². The molecule has 9 rings (SSSR count). The molecule has 2 amide bonds. The monoisotopic (exact) mass is 855 g/mol. The molecule has 1 atom stereocenters. The van der Waals surface area contributed by atoms with Gasteiger partial charge in [0.2, 0.25) is 18.3 Å². The number of likely N-dealkylation sites (N-methyl/N-ethyl adjacent to an activating group) is 1. The van der Waals surface area contributed by atoms with Crippen molar-refractivity contribution < 1.29 is 14.3 Å². The molecule has 2 fully saturated rings. The molecule has 17 heteroatoms. The molecule has 1 unspecified atom stereocenters. The van der Waals surface area contributed by atoms with Gasteiger partial charge in [-0.2, -0.15) is 10.1 Å². The van der Waals surface area contributed by atoms with Crippen LogP contribution in [0.3, 0.4) is 0 Å². The largest absolute Gasteiger partial charge is 0.378 e. The maximum absolute atomic E-state index is 13.3. The molecule has 6 aromatic rings. The third kappa shape index (κ3) is 9.15. The lowest BCUT2D eigenvalue weighted by Crippen LogP contribution is -2.44. The van der Waals surface area contributed by atoms with Crippen LogP contribution in [-0.4, -0.2) is 124 Å². The van der Waals surface area contributed by atoms with Gasteiger partial charge in [-0.3, -0.25) is 24.0 Å². The van der Waals surface area contributed by atoms with Gasteiger partial charge in [-0.05, 0) is 80.4 Å². The van der Waals surface area contributed by atoms with E-state index in [0.717, 1.165) is 106 Å². The van der Waals surface area contributed by atoms with Crippen LogP contribution in [0.4, 0.5) is 28.8 Å². The van der Waals surface area contributed by atoms with Gasteiger partial charge in [0.25, 0.3) is 5.56 Å². The van der Waals surface area contributed by atoms with Crippen LogP contribution < -0.4 is 30.9 Å². The van der Waals surface area contributed by atoms with Crippen molar-refractivity contribution in [3.63, 3.8) is 0 Å². The van der Waals surface area contributed by atoms with Crippen LogP contribution in [0.1, 0.15) is 43.4 Å². The number of nitrogens with zero attached hydrogens (tertiary/aromatic N) is 11. The van der Waals surface area contributed by atoms with E-state index in [9.17, 15) is 14.4 Å². The summed E-state index contributed by atoms with van der Waals surface area (Å²) in [6.07, 6.45) is 7.51. The number of hydrogen-bond donors (Lipinski definition) is 2. The average Bonchev–Trinajstić information content (AvgIpc) is 3.97. The summed E-state index contributed by atoms with van der Waals surface area (Å²) in [5, 5.41) is 11.7. The normalized spacial score (nSPS) is 16.4. The number of benzene rings is 2. The standard InChI is InChI=1S/C29H34N8O.C17H23N5O3/c1-4-14-36-28(38)24-19-30-29(31-22-9-11-23(12-10-22)35-17-15-34(3)16-18-35)33-27(24)37(36)25-13-8-21-7-6-20(5-2)26(21)32-25;1-18-16(24)5-6-22(12-23)17-14-4-3-13(11-15(14)20(2)19-17)21-7-9-25-10-8-21/h4,8-13,19-20H,1,5-7,14-18H2,2-3H3,(H,30,31,33);3-4,11-12H,5-10H2,1-2H3,(H,18,24). The average molecular weight is 856 g/mol. The van der Waals surface area contributed by atoms with Crippen molar-refractivity contribution in [1.29, 1.82) is 0 Å². The molecule has 0 radical (unpaired) electrons. The van der Waals surface area contributed by atoms with Gasteiger partial charge < -0.3 is 30.1 Å². The highest BCUT2D eigenvalue weighted by atomic mass is 16.5. The van der Waals surface area contributed by atoms with Crippen molar-refractivity contribution in [1.82, 2.24) is 44.3 Å².